The van der Waals surface area contributed by atoms with Crippen LogP contribution < -0.4 is 5.32 Å². The largest absolute Gasteiger partial charge is 0.480 e. The number of amides is 1. The van der Waals surface area contributed by atoms with Gasteiger partial charge in [-0.15, -0.1) is 0 Å². The Bertz CT molecular complexity index is 786. The Morgan fingerprint density at radius 1 is 1.12 bits per heavy atom. The summed E-state index contributed by atoms with van der Waals surface area (Å²) in [7, 11) is 0. The molecule has 1 amide bonds. The molecular weight excluding hydrogens is 322 g/mol. The van der Waals surface area contributed by atoms with E-state index in [0.717, 1.165) is 10.8 Å². The third-order valence-corrected chi connectivity index (χ3v) is 3.89. The number of carbonyl (C=O) groups excluding carboxylic acids is 2. The van der Waals surface area contributed by atoms with Crippen LogP contribution in [0.5, 0.6) is 0 Å². The van der Waals surface area contributed by atoms with Gasteiger partial charge >= 0.3 is 11.9 Å². The number of hydrogen-bond donors (Lipinski definition) is 2. The third-order valence-electron chi connectivity index (χ3n) is 3.89. The first-order chi connectivity index (χ1) is 11.9. The molecule has 0 saturated carbocycles. The molecule has 0 aromatic heterocycles. The van der Waals surface area contributed by atoms with E-state index in [1.165, 1.54) is 0 Å². The fourth-order valence-electron chi connectivity index (χ4n) is 2.53. The molecule has 0 aliphatic carbocycles. The number of aliphatic carboxylic acids is 1. The molecule has 0 heterocycles. The van der Waals surface area contributed by atoms with E-state index in [-0.39, 0.29) is 13.0 Å². The van der Waals surface area contributed by atoms with Crippen molar-refractivity contribution in [1.29, 1.82) is 0 Å². The predicted molar refractivity (Wildman–Crippen MR) is 93.3 cm³/mol. The second-order valence-electron chi connectivity index (χ2n) is 5.82. The van der Waals surface area contributed by atoms with Crippen LogP contribution in [0.15, 0.2) is 42.5 Å². The number of nitrogens with one attached hydrogen (secondary N) is 1. The van der Waals surface area contributed by atoms with E-state index in [0.29, 0.717) is 5.56 Å². The van der Waals surface area contributed by atoms with E-state index < -0.39 is 29.8 Å². The Hall–Kier alpha value is -2.89. The first-order valence-corrected chi connectivity index (χ1v) is 8.11. The molecule has 0 aliphatic heterocycles. The number of carbonyl (C=O) groups is 3. The lowest BCUT2D eigenvalue weighted by atomic mass is 10.0. The molecule has 0 bridgehead atoms. The van der Waals surface area contributed by atoms with Crippen LogP contribution in [-0.2, 0) is 14.3 Å². The molecule has 2 atom stereocenters. The molecule has 2 rings (SSSR count). The van der Waals surface area contributed by atoms with Crippen LogP contribution in [0.3, 0.4) is 0 Å². The maximum absolute atomic E-state index is 12.4. The summed E-state index contributed by atoms with van der Waals surface area (Å²) < 4.78 is 4.88. The zero-order valence-corrected chi connectivity index (χ0v) is 14.2. The lowest BCUT2D eigenvalue weighted by Gasteiger charge is -2.18. The van der Waals surface area contributed by atoms with Crippen LogP contribution in [-0.4, -0.2) is 35.6 Å². The van der Waals surface area contributed by atoms with E-state index >= 15 is 0 Å². The van der Waals surface area contributed by atoms with Gasteiger partial charge in [-0.3, -0.25) is 9.59 Å². The lowest BCUT2D eigenvalue weighted by Crippen LogP contribution is -2.42. The van der Waals surface area contributed by atoms with Crippen molar-refractivity contribution >= 4 is 28.6 Å². The lowest BCUT2D eigenvalue weighted by molar-refractivity contribution is -0.148. The summed E-state index contributed by atoms with van der Waals surface area (Å²) in [6.07, 6.45) is -0.0342. The fourth-order valence-corrected chi connectivity index (χ4v) is 2.53. The first-order valence-electron chi connectivity index (χ1n) is 8.11. The molecule has 0 saturated heterocycles. The van der Waals surface area contributed by atoms with Crippen molar-refractivity contribution in [1.82, 2.24) is 5.32 Å². The van der Waals surface area contributed by atoms with E-state index in [1.54, 1.807) is 32.0 Å². The molecule has 6 nitrogen and oxygen atoms in total. The van der Waals surface area contributed by atoms with Crippen LogP contribution in [0, 0.1) is 5.92 Å². The summed E-state index contributed by atoms with van der Waals surface area (Å²) in [5.74, 6) is -2.79. The summed E-state index contributed by atoms with van der Waals surface area (Å²) in [6.45, 7) is 3.49. The minimum absolute atomic E-state index is 0.0342. The standard InChI is InChI=1S/C19H21NO5/c1-3-25-19(24)12(2)10-16(18(22)23)20-17(21)15-9-8-13-6-4-5-7-14(13)11-15/h4-9,11-12,16H,3,10H2,1-2H3,(H,20,21)(H,22,23)/t12-,16-/m0/s1. The molecule has 0 unspecified atom stereocenters. The number of carboxylic acids is 1. The van der Waals surface area contributed by atoms with Gasteiger partial charge in [-0.05, 0) is 36.2 Å². The molecular formula is C19H21NO5. The topological polar surface area (TPSA) is 92.7 Å². The van der Waals surface area contributed by atoms with Gasteiger partial charge in [0.1, 0.15) is 6.04 Å². The summed E-state index contributed by atoms with van der Waals surface area (Å²) >= 11 is 0. The van der Waals surface area contributed by atoms with Crippen molar-refractivity contribution in [2.24, 2.45) is 5.92 Å². The number of esters is 1. The Balaban J connectivity index is 2.10. The van der Waals surface area contributed by atoms with Gasteiger partial charge < -0.3 is 15.2 Å². The predicted octanol–water partition coefficient (Wildman–Crippen LogP) is 2.61. The van der Waals surface area contributed by atoms with E-state index in [9.17, 15) is 19.5 Å². The van der Waals surface area contributed by atoms with Gasteiger partial charge in [0.2, 0.25) is 0 Å². The average Bonchev–Trinajstić information content (AvgIpc) is 2.60. The minimum atomic E-state index is -1.19. The maximum atomic E-state index is 12.4. The first kappa shape index (κ1) is 18.4. The molecule has 0 fully saturated rings. The number of hydrogen-bond acceptors (Lipinski definition) is 4. The second-order valence-corrected chi connectivity index (χ2v) is 5.82. The number of benzene rings is 2. The Kier molecular flexibility index (Phi) is 6.11. The maximum Gasteiger partial charge on any atom is 0.326 e. The van der Waals surface area contributed by atoms with Crippen molar-refractivity contribution in [2.75, 3.05) is 6.61 Å². The zero-order chi connectivity index (χ0) is 18.4. The highest BCUT2D eigenvalue weighted by Gasteiger charge is 2.26. The van der Waals surface area contributed by atoms with E-state index in [1.807, 2.05) is 24.3 Å². The highest BCUT2D eigenvalue weighted by atomic mass is 16.5. The minimum Gasteiger partial charge on any atom is -0.480 e. The van der Waals surface area contributed by atoms with Crippen molar-refractivity contribution in [2.45, 2.75) is 26.3 Å². The van der Waals surface area contributed by atoms with Gasteiger partial charge in [0, 0.05) is 5.56 Å². The summed E-state index contributed by atoms with van der Waals surface area (Å²) in [5, 5.41) is 13.7. The SMILES string of the molecule is CCOC(=O)[C@@H](C)C[C@H](NC(=O)c1ccc2ccccc2c1)C(=O)O. The Morgan fingerprint density at radius 3 is 2.44 bits per heavy atom. The summed E-state index contributed by atoms with van der Waals surface area (Å²) in [5.41, 5.74) is 0.369. The van der Waals surface area contributed by atoms with Crippen LogP contribution >= 0.6 is 0 Å². The Morgan fingerprint density at radius 2 is 1.80 bits per heavy atom. The van der Waals surface area contributed by atoms with E-state index in [4.69, 9.17) is 4.74 Å². The molecule has 2 aromatic rings. The summed E-state index contributed by atoms with van der Waals surface area (Å²) in [6, 6.07) is 11.6. The van der Waals surface area contributed by atoms with Gasteiger partial charge in [-0.25, -0.2) is 4.79 Å². The molecule has 2 aromatic carbocycles. The van der Waals surface area contributed by atoms with Crippen molar-refractivity contribution in [3.05, 3.63) is 48.0 Å². The van der Waals surface area contributed by atoms with Crippen LogP contribution in [0.4, 0.5) is 0 Å². The average molecular weight is 343 g/mol. The molecule has 2 N–H and O–H groups in total. The Labute approximate surface area is 145 Å². The smallest absolute Gasteiger partial charge is 0.326 e. The second kappa shape index (κ2) is 8.28. The normalized spacial score (nSPS) is 13.0. The van der Waals surface area contributed by atoms with Crippen LogP contribution in [0.2, 0.25) is 0 Å². The van der Waals surface area contributed by atoms with Crippen molar-refractivity contribution in [3.63, 3.8) is 0 Å². The molecule has 132 valence electrons. The van der Waals surface area contributed by atoms with Gasteiger partial charge in [-0.1, -0.05) is 37.3 Å². The third kappa shape index (κ3) is 4.79. The molecule has 25 heavy (non-hydrogen) atoms. The molecule has 0 aliphatic rings. The molecule has 0 spiro atoms. The number of carboxylic acid groups (broad SMARTS) is 1. The van der Waals surface area contributed by atoms with Crippen LogP contribution in [0.1, 0.15) is 30.6 Å². The van der Waals surface area contributed by atoms with Gasteiger partial charge in [0.25, 0.3) is 5.91 Å². The number of rotatable bonds is 7. The monoisotopic (exact) mass is 343 g/mol. The van der Waals surface area contributed by atoms with Gasteiger partial charge in [0.05, 0.1) is 12.5 Å². The molecule has 6 heteroatoms. The summed E-state index contributed by atoms with van der Waals surface area (Å²) in [4.78, 5) is 35.5. The van der Waals surface area contributed by atoms with E-state index in [2.05, 4.69) is 5.32 Å². The highest BCUT2D eigenvalue weighted by molar-refractivity contribution is 6.00. The highest BCUT2D eigenvalue weighted by Crippen LogP contribution is 2.16. The molecule has 0 radical (unpaired) electrons. The van der Waals surface area contributed by atoms with Crippen molar-refractivity contribution in [3.8, 4) is 0 Å². The number of fused-ring (bicyclic) bond motifs is 1. The quantitative estimate of drug-likeness (QED) is 0.754. The zero-order valence-electron chi connectivity index (χ0n) is 14.2. The van der Waals surface area contributed by atoms with Crippen molar-refractivity contribution < 1.29 is 24.2 Å². The number of ether oxygens (including phenoxy) is 1. The van der Waals surface area contributed by atoms with Gasteiger partial charge in [0.15, 0.2) is 0 Å². The van der Waals surface area contributed by atoms with Gasteiger partial charge in [-0.2, -0.15) is 0 Å². The van der Waals surface area contributed by atoms with Crippen LogP contribution in [0.25, 0.3) is 10.8 Å². The fraction of sp³-hybridized carbons (Fsp3) is 0.316.